The number of rotatable bonds is 2. The highest BCUT2D eigenvalue weighted by Gasteiger charge is 2.30. The van der Waals surface area contributed by atoms with Gasteiger partial charge < -0.3 is 10.2 Å². The molecule has 1 amide bonds. The van der Waals surface area contributed by atoms with E-state index in [-0.39, 0.29) is 17.9 Å². The Balaban J connectivity index is 2.30. The molecule has 2 aliphatic rings. The fraction of sp³-hybridized carbons (Fsp3) is 0.455. The summed E-state index contributed by atoms with van der Waals surface area (Å²) in [5, 5.41) is 3.00. The second kappa shape index (κ2) is 3.88. The van der Waals surface area contributed by atoms with Crippen LogP contribution >= 0.6 is 0 Å². The molecule has 2 unspecified atom stereocenters. The van der Waals surface area contributed by atoms with E-state index in [9.17, 15) is 4.79 Å². The van der Waals surface area contributed by atoms with Crippen molar-refractivity contribution in [3.8, 4) is 0 Å². The van der Waals surface area contributed by atoms with E-state index in [0.29, 0.717) is 0 Å². The van der Waals surface area contributed by atoms with Crippen molar-refractivity contribution in [1.29, 1.82) is 0 Å². The summed E-state index contributed by atoms with van der Waals surface area (Å²) in [6, 6.07) is 0.118. The van der Waals surface area contributed by atoms with Crippen LogP contribution in [0.25, 0.3) is 0 Å². The fourth-order valence-corrected chi connectivity index (χ4v) is 1.98. The quantitative estimate of drug-likeness (QED) is 0.715. The van der Waals surface area contributed by atoms with Crippen molar-refractivity contribution < 1.29 is 4.79 Å². The molecule has 0 saturated carbocycles. The zero-order valence-electron chi connectivity index (χ0n) is 8.97. The first kappa shape index (κ1) is 9.96. The first-order chi connectivity index (χ1) is 7.26. The molecule has 0 saturated heterocycles. The van der Waals surface area contributed by atoms with E-state index < -0.39 is 0 Å². The van der Waals surface area contributed by atoms with Gasteiger partial charge in [-0.1, -0.05) is 6.08 Å². The van der Waals surface area contributed by atoms with Gasteiger partial charge in [0.2, 0.25) is 5.91 Å². The molecular weight excluding hydrogens is 190 g/mol. The summed E-state index contributed by atoms with van der Waals surface area (Å²) in [5.41, 5.74) is 0. The number of hydrogen-bond acceptors (Lipinski definition) is 3. The van der Waals surface area contributed by atoms with Gasteiger partial charge in [-0.15, -0.1) is 0 Å². The molecule has 4 nitrogen and oxygen atoms in total. The Labute approximate surface area is 89.4 Å². The van der Waals surface area contributed by atoms with E-state index >= 15 is 0 Å². The number of nitrogens with one attached hydrogen (secondary N) is 1. The molecule has 0 aromatic carbocycles. The summed E-state index contributed by atoms with van der Waals surface area (Å²) >= 11 is 0. The van der Waals surface area contributed by atoms with E-state index in [1.165, 1.54) is 0 Å². The van der Waals surface area contributed by atoms with Crippen molar-refractivity contribution in [3.05, 3.63) is 24.0 Å². The summed E-state index contributed by atoms with van der Waals surface area (Å²) in [7, 11) is 1.83. The van der Waals surface area contributed by atoms with E-state index in [1.807, 2.05) is 37.2 Å². The van der Waals surface area contributed by atoms with E-state index in [0.717, 1.165) is 12.4 Å². The van der Waals surface area contributed by atoms with Crippen LogP contribution in [-0.4, -0.2) is 36.7 Å². The molecular formula is C11H15N3O. The predicted octanol–water partition coefficient (Wildman–Crippen LogP) is 0.535. The summed E-state index contributed by atoms with van der Waals surface area (Å²) in [6.45, 7) is 2.72. The summed E-state index contributed by atoms with van der Waals surface area (Å²) in [6.07, 6.45) is 7.46. The van der Waals surface area contributed by atoms with Gasteiger partial charge in [0, 0.05) is 25.7 Å². The van der Waals surface area contributed by atoms with Crippen molar-refractivity contribution >= 4 is 12.1 Å². The molecule has 2 atom stereocenters. The first-order valence-corrected chi connectivity index (χ1v) is 5.19. The van der Waals surface area contributed by atoms with Crippen molar-refractivity contribution in [3.63, 3.8) is 0 Å². The lowest BCUT2D eigenvalue weighted by Gasteiger charge is -2.36. The van der Waals surface area contributed by atoms with Gasteiger partial charge in [-0.3, -0.25) is 4.79 Å². The second-order valence-electron chi connectivity index (χ2n) is 3.63. The van der Waals surface area contributed by atoms with Gasteiger partial charge in [-0.25, -0.2) is 4.99 Å². The Morgan fingerprint density at radius 2 is 2.40 bits per heavy atom. The number of carbonyl (C=O) groups is 1. The first-order valence-electron chi connectivity index (χ1n) is 5.19. The predicted molar refractivity (Wildman–Crippen MR) is 59.4 cm³/mol. The average Bonchev–Trinajstić information content (AvgIpc) is 2.28. The Morgan fingerprint density at radius 3 is 3.07 bits per heavy atom. The van der Waals surface area contributed by atoms with Crippen LogP contribution in [-0.2, 0) is 4.79 Å². The SMILES string of the molecule is CCN1C(=O)C=CC2C=NC(NC)=CC21. The van der Waals surface area contributed by atoms with Crippen LogP contribution in [0, 0.1) is 5.92 Å². The zero-order valence-corrected chi connectivity index (χ0v) is 8.97. The third-order valence-electron chi connectivity index (χ3n) is 2.81. The molecule has 0 aliphatic carbocycles. The third kappa shape index (κ3) is 1.67. The van der Waals surface area contributed by atoms with Crippen molar-refractivity contribution in [2.45, 2.75) is 13.0 Å². The van der Waals surface area contributed by atoms with Crippen LogP contribution in [0.2, 0.25) is 0 Å². The molecule has 0 aromatic rings. The minimum Gasteiger partial charge on any atom is -0.373 e. The summed E-state index contributed by atoms with van der Waals surface area (Å²) < 4.78 is 0. The average molecular weight is 205 g/mol. The third-order valence-corrected chi connectivity index (χ3v) is 2.81. The molecule has 0 spiro atoms. The van der Waals surface area contributed by atoms with E-state index in [1.54, 1.807) is 6.08 Å². The monoisotopic (exact) mass is 205 g/mol. The lowest BCUT2D eigenvalue weighted by molar-refractivity contribution is -0.128. The lowest BCUT2D eigenvalue weighted by atomic mass is 9.93. The van der Waals surface area contributed by atoms with Crippen molar-refractivity contribution in [1.82, 2.24) is 10.2 Å². The van der Waals surface area contributed by atoms with Gasteiger partial charge in [-0.2, -0.15) is 0 Å². The Hall–Kier alpha value is -1.58. The maximum atomic E-state index is 11.6. The smallest absolute Gasteiger partial charge is 0.246 e. The highest BCUT2D eigenvalue weighted by atomic mass is 16.2. The molecule has 4 heteroatoms. The number of nitrogens with zero attached hydrogens (tertiary/aromatic N) is 2. The molecule has 2 aliphatic heterocycles. The summed E-state index contributed by atoms with van der Waals surface area (Å²) in [4.78, 5) is 17.7. The highest BCUT2D eigenvalue weighted by molar-refractivity contribution is 5.91. The fourth-order valence-electron chi connectivity index (χ4n) is 1.98. The molecule has 80 valence electrons. The number of hydrogen-bond donors (Lipinski definition) is 1. The van der Waals surface area contributed by atoms with E-state index in [4.69, 9.17) is 0 Å². The van der Waals surface area contributed by atoms with E-state index in [2.05, 4.69) is 10.3 Å². The summed E-state index contributed by atoms with van der Waals surface area (Å²) in [5.74, 6) is 1.14. The number of likely N-dealkylation sites (N-methyl/N-ethyl adjacent to an activating group) is 1. The molecule has 0 fully saturated rings. The van der Waals surface area contributed by atoms with Gasteiger partial charge in [0.25, 0.3) is 0 Å². The van der Waals surface area contributed by atoms with Gasteiger partial charge in [0.15, 0.2) is 0 Å². The Morgan fingerprint density at radius 1 is 1.60 bits per heavy atom. The van der Waals surface area contributed by atoms with Crippen LogP contribution in [0.4, 0.5) is 0 Å². The maximum absolute atomic E-state index is 11.6. The van der Waals surface area contributed by atoms with Crippen LogP contribution < -0.4 is 5.32 Å². The molecule has 2 rings (SSSR count). The van der Waals surface area contributed by atoms with Crippen LogP contribution in [0.3, 0.4) is 0 Å². The Bertz CT molecular complexity index is 357. The number of carbonyl (C=O) groups excluding carboxylic acids is 1. The molecule has 0 aromatic heterocycles. The minimum absolute atomic E-state index is 0.0840. The highest BCUT2D eigenvalue weighted by Crippen LogP contribution is 2.22. The molecule has 1 N–H and O–H groups in total. The van der Waals surface area contributed by atoms with Gasteiger partial charge in [0.1, 0.15) is 5.82 Å². The van der Waals surface area contributed by atoms with Crippen LogP contribution in [0.15, 0.2) is 29.0 Å². The largest absolute Gasteiger partial charge is 0.373 e. The number of aliphatic imine (C=N–C) groups is 1. The maximum Gasteiger partial charge on any atom is 0.246 e. The van der Waals surface area contributed by atoms with Gasteiger partial charge in [-0.05, 0) is 19.1 Å². The lowest BCUT2D eigenvalue weighted by Crippen LogP contribution is -2.46. The zero-order chi connectivity index (χ0) is 10.8. The normalized spacial score (nSPS) is 28.8. The van der Waals surface area contributed by atoms with Gasteiger partial charge in [0.05, 0.1) is 6.04 Å². The standard InChI is InChI=1S/C11H15N3O/c1-3-14-9-6-10(12-2)13-7-8(9)4-5-11(14)15/h4-9,12H,3H2,1-2H3. The Kier molecular flexibility index (Phi) is 2.58. The molecule has 0 radical (unpaired) electrons. The van der Waals surface area contributed by atoms with Gasteiger partial charge >= 0.3 is 0 Å². The van der Waals surface area contributed by atoms with Crippen LogP contribution in [0.5, 0.6) is 0 Å². The molecule has 0 bridgehead atoms. The minimum atomic E-state index is 0.0840. The van der Waals surface area contributed by atoms with Crippen LogP contribution in [0.1, 0.15) is 6.92 Å². The molecule has 2 heterocycles. The molecule has 15 heavy (non-hydrogen) atoms. The topological polar surface area (TPSA) is 44.7 Å². The number of amides is 1. The second-order valence-corrected chi connectivity index (χ2v) is 3.63. The van der Waals surface area contributed by atoms with Crippen molar-refractivity contribution in [2.75, 3.05) is 13.6 Å². The number of fused-ring (bicyclic) bond motifs is 1. The van der Waals surface area contributed by atoms with Crippen molar-refractivity contribution in [2.24, 2.45) is 10.9 Å².